The van der Waals surface area contributed by atoms with E-state index in [0.29, 0.717) is 39.4 Å². The minimum atomic E-state index is -3.79. The Morgan fingerprint density at radius 1 is 1.00 bits per heavy atom. The molecule has 2 aromatic rings. The summed E-state index contributed by atoms with van der Waals surface area (Å²) in [4.78, 5) is 27.2. The Bertz CT molecular complexity index is 1120. The van der Waals surface area contributed by atoms with Gasteiger partial charge in [0, 0.05) is 31.9 Å². The van der Waals surface area contributed by atoms with Crippen LogP contribution in [0.1, 0.15) is 40.2 Å². The summed E-state index contributed by atoms with van der Waals surface area (Å²) in [5.74, 6) is -1.44. The summed E-state index contributed by atoms with van der Waals surface area (Å²) in [6.45, 7) is 3.42. The number of morpholine rings is 1. The SMILES string of the molecule is COC(=O)c1cc(N2CCOCC2)ccc1NC(=O)c1ccc(S(=O)(=O)N2CCCCC2)o1. The predicted molar refractivity (Wildman–Crippen MR) is 120 cm³/mol. The number of carbonyl (C=O) groups is 2. The molecule has 11 heteroatoms. The zero-order valence-corrected chi connectivity index (χ0v) is 19.2. The number of benzene rings is 1. The third kappa shape index (κ3) is 5.05. The fourth-order valence-electron chi connectivity index (χ4n) is 3.94. The van der Waals surface area contributed by atoms with Gasteiger partial charge in [0.25, 0.3) is 15.9 Å². The normalized spacial score (nSPS) is 17.5. The Morgan fingerprint density at radius 2 is 1.73 bits per heavy atom. The van der Waals surface area contributed by atoms with Gasteiger partial charge in [-0.2, -0.15) is 4.31 Å². The van der Waals surface area contributed by atoms with E-state index < -0.39 is 21.9 Å². The van der Waals surface area contributed by atoms with Crippen LogP contribution in [0.2, 0.25) is 0 Å². The maximum absolute atomic E-state index is 12.8. The number of esters is 1. The van der Waals surface area contributed by atoms with Crippen LogP contribution in [0.25, 0.3) is 0 Å². The molecule has 4 rings (SSSR count). The third-order valence-electron chi connectivity index (χ3n) is 5.75. The average Bonchev–Trinajstić information content (AvgIpc) is 3.36. The number of anilines is 2. The van der Waals surface area contributed by atoms with Crippen molar-refractivity contribution in [2.75, 3.05) is 56.7 Å². The fraction of sp³-hybridized carbons (Fsp3) is 0.455. The fourth-order valence-corrected chi connectivity index (χ4v) is 5.36. The van der Waals surface area contributed by atoms with Crippen LogP contribution in [0.15, 0.2) is 39.8 Å². The summed E-state index contributed by atoms with van der Waals surface area (Å²) in [6.07, 6.45) is 2.58. The van der Waals surface area contributed by atoms with Gasteiger partial charge in [0.05, 0.1) is 31.6 Å². The highest BCUT2D eigenvalue weighted by atomic mass is 32.2. The monoisotopic (exact) mass is 477 g/mol. The molecular formula is C22H27N3O7S. The smallest absolute Gasteiger partial charge is 0.340 e. The zero-order valence-electron chi connectivity index (χ0n) is 18.4. The molecule has 0 spiro atoms. The van der Waals surface area contributed by atoms with Gasteiger partial charge in [-0.05, 0) is 43.2 Å². The van der Waals surface area contributed by atoms with Gasteiger partial charge in [-0.3, -0.25) is 4.79 Å². The number of furan rings is 1. The van der Waals surface area contributed by atoms with Crippen molar-refractivity contribution in [1.82, 2.24) is 4.31 Å². The van der Waals surface area contributed by atoms with Crippen LogP contribution in [0.5, 0.6) is 0 Å². The predicted octanol–water partition coefficient (Wildman–Crippen LogP) is 2.33. The first-order valence-corrected chi connectivity index (χ1v) is 12.3. The Hall–Kier alpha value is -2.89. The molecule has 33 heavy (non-hydrogen) atoms. The molecule has 0 unspecified atom stereocenters. The van der Waals surface area contributed by atoms with Crippen LogP contribution in [-0.2, 0) is 19.5 Å². The largest absolute Gasteiger partial charge is 0.465 e. The number of methoxy groups -OCH3 is 1. The second-order valence-corrected chi connectivity index (χ2v) is 9.73. The highest BCUT2D eigenvalue weighted by Crippen LogP contribution is 2.27. The first-order chi connectivity index (χ1) is 15.9. The van der Waals surface area contributed by atoms with Crippen LogP contribution in [0.3, 0.4) is 0 Å². The first-order valence-electron chi connectivity index (χ1n) is 10.9. The molecule has 2 fully saturated rings. The summed E-state index contributed by atoms with van der Waals surface area (Å²) < 4.78 is 42.6. The molecule has 1 aromatic heterocycles. The summed E-state index contributed by atoms with van der Waals surface area (Å²) in [5, 5.41) is 2.36. The van der Waals surface area contributed by atoms with E-state index in [2.05, 4.69) is 10.2 Å². The molecule has 1 N–H and O–H groups in total. The highest BCUT2D eigenvalue weighted by molar-refractivity contribution is 7.89. The highest BCUT2D eigenvalue weighted by Gasteiger charge is 2.30. The first kappa shape index (κ1) is 23.3. The summed E-state index contributed by atoms with van der Waals surface area (Å²) in [5.41, 5.74) is 1.23. The lowest BCUT2D eigenvalue weighted by molar-refractivity contribution is 0.0602. The van der Waals surface area contributed by atoms with E-state index in [1.54, 1.807) is 18.2 Å². The van der Waals surface area contributed by atoms with Gasteiger partial charge < -0.3 is 24.1 Å². The maximum Gasteiger partial charge on any atom is 0.340 e. The molecule has 1 aromatic carbocycles. The van der Waals surface area contributed by atoms with Gasteiger partial charge >= 0.3 is 5.97 Å². The van der Waals surface area contributed by atoms with E-state index in [1.807, 2.05) is 0 Å². The maximum atomic E-state index is 12.8. The second-order valence-electron chi connectivity index (χ2n) is 7.86. The lowest BCUT2D eigenvalue weighted by Crippen LogP contribution is -2.36. The topological polar surface area (TPSA) is 118 Å². The summed E-state index contributed by atoms with van der Waals surface area (Å²) >= 11 is 0. The number of amides is 1. The molecule has 10 nitrogen and oxygen atoms in total. The minimum absolute atomic E-state index is 0.168. The molecule has 0 radical (unpaired) electrons. The minimum Gasteiger partial charge on any atom is -0.465 e. The van der Waals surface area contributed by atoms with Crippen molar-refractivity contribution in [2.24, 2.45) is 0 Å². The van der Waals surface area contributed by atoms with Crippen molar-refractivity contribution in [2.45, 2.75) is 24.4 Å². The number of sulfonamides is 1. The van der Waals surface area contributed by atoms with Gasteiger partial charge in [-0.1, -0.05) is 6.42 Å². The standard InChI is InChI=1S/C22H27N3O7S/c1-30-22(27)17-15-16(24-11-13-31-14-12-24)5-6-18(17)23-21(26)19-7-8-20(32-19)33(28,29)25-9-3-2-4-10-25/h5-8,15H,2-4,9-14H2,1H3,(H,23,26). The van der Waals surface area contributed by atoms with Crippen LogP contribution < -0.4 is 10.2 Å². The molecule has 2 aliphatic heterocycles. The molecule has 0 atom stereocenters. The van der Waals surface area contributed by atoms with Crippen molar-refractivity contribution < 1.29 is 31.9 Å². The van der Waals surface area contributed by atoms with E-state index in [0.717, 1.165) is 24.9 Å². The Morgan fingerprint density at radius 3 is 2.42 bits per heavy atom. The number of hydrogen-bond acceptors (Lipinski definition) is 8. The Balaban J connectivity index is 1.54. The van der Waals surface area contributed by atoms with Crippen molar-refractivity contribution in [1.29, 1.82) is 0 Å². The summed E-state index contributed by atoms with van der Waals surface area (Å²) in [7, 11) is -2.53. The lowest BCUT2D eigenvalue weighted by atomic mass is 10.1. The molecule has 0 bridgehead atoms. The molecule has 3 heterocycles. The number of carbonyl (C=O) groups excluding carboxylic acids is 2. The van der Waals surface area contributed by atoms with Crippen LogP contribution >= 0.6 is 0 Å². The molecule has 2 aliphatic rings. The Kier molecular flexibility index (Phi) is 7.01. The van der Waals surface area contributed by atoms with E-state index in [9.17, 15) is 18.0 Å². The van der Waals surface area contributed by atoms with E-state index in [1.165, 1.54) is 23.5 Å². The molecule has 1 amide bonds. The average molecular weight is 478 g/mol. The number of ether oxygens (including phenoxy) is 2. The van der Waals surface area contributed by atoms with E-state index in [4.69, 9.17) is 13.9 Å². The van der Waals surface area contributed by atoms with Crippen LogP contribution in [0, 0.1) is 0 Å². The van der Waals surface area contributed by atoms with Gasteiger partial charge in [-0.15, -0.1) is 0 Å². The summed E-state index contributed by atoms with van der Waals surface area (Å²) in [6, 6.07) is 7.65. The second kappa shape index (κ2) is 9.94. The molecule has 0 saturated carbocycles. The number of nitrogens with one attached hydrogen (secondary N) is 1. The Labute approximate surface area is 192 Å². The number of hydrogen-bond donors (Lipinski definition) is 1. The van der Waals surface area contributed by atoms with E-state index in [-0.39, 0.29) is 22.1 Å². The molecule has 2 saturated heterocycles. The van der Waals surface area contributed by atoms with Crippen molar-refractivity contribution in [3.05, 3.63) is 41.7 Å². The zero-order chi connectivity index (χ0) is 23.4. The van der Waals surface area contributed by atoms with Crippen LogP contribution in [-0.4, -0.2) is 71.1 Å². The number of rotatable bonds is 6. The molecular weight excluding hydrogens is 450 g/mol. The quantitative estimate of drug-likeness (QED) is 0.630. The lowest BCUT2D eigenvalue weighted by Gasteiger charge is -2.29. The number of piperidine rings is 1. The molecule has 178 valence electrons. The van der Waals surface area contributed by atoms with Crippen molar-refractivity contribution in [3.8, 4) is 0 Å². The third-order valence-corrected chi connectivity index (χ3v) is 7.52. The van der Waals surface area contributed by atoms with E-state index >= 15 is 0 Å². The van der Waals surface area contributed by atoms with Gasteiger partial charge in [-0.25, -0.2) is 13.2 Å². The van der Waals surface area contributed by atoms with Gasteiger partial charge in [0.15, 0.2) is 5.76 Å². The van der Waals surface area contributed by atoms with Crippen molar-refractivity contribution >= 4 is 33.3 Å². The van der Waals surface area contributed by atoms with Crippen LogP contribution in [0.4, 0.5) is 11.4 Å². The van der Waals surface area contributed by atoms with Gasteiger partial charge in [0.2, 0.25) is 5.09 Å². The van der Waals surface area contributed by atoms with Crippen molar-refractivity contribution in [3.63, 3.8) is 0 Å². The number of nitrogens with zero attached hydrogens (tertiary/aromatic N) is 2. The molecule has 0 aliphatic carbocycles. The van der Waals surface area contributed by atoms with Gasteiger partial charge in [0.1, 0.15) is 0 Å².